The minimum absolute atomic E-state index is 0.115. The first-order valence-corrected chi connectivity index (χ1v) is 6.28. The first-order chi connectivity index (χ1) is 7.86. The van der Waals surface area contributed by atoms with Gasteiger partial charge in [-0.25, -0.2) is 9.71 Å². The monoisotopic (exact) mass is 235 g/mol. The molecule has 0 atom stereocenters. The molecule has 0 bridgehead atoms. The average molecular weight is 235 g/mol. The van der Waals surface area contributed by atoms with E-state index in [0.29, 0.717) is 0 Å². The van der Waals surface area contributed by atoms with E-state index in [-0.39, 0.29) is 5.82 Å². The van der Waals surface area contributed by atoms with Gasteiger partial charge in [-0.1, -0.05) is 12.1 Å². The van der Waals surface area contributed by atoms with E-state index in [1.54, 1.807) is 6.07 Å². The largest absolute Gasteiger partial charge is 0.368 e. The first kappa shape index (κ1) is 10.1. The molecule has 1 fully saturated rings. The molecule has 1 radical (unpaired) electrons. The molecule has 83 valence electrons. The zero-order valence-electron chi connectivity index (χ0n) is 8.82. The van der Waals surface area contributed by atoms with Crippen LogP contribution < -0.4 is 10.2 Å². The number of nitrogens with zero attached hydrogens (tertiary/aromatic N) is 2. The number of benzene rings is 1. The lowest BCUT2D eigenvalue weighted by molar-refractivity contribution is 0.580. The Morgan fingerprint density at radius 1 is 1.25 bits per heavy atom. The minimum atomic E-state index is -0.115. The van der Waals surface area contributed by atoms with Gasteiger partial charge in [-0.3, -0.25) is 0 Å². The van der Waals surface area contributed by atoms with Gasteiger partial charge in [0.2, 0.25) is 0 Å². The van der Waals surface area contributed by atoms with Crippen molar-refractivity contribution in [1.82, 2.24) is 5.32 Å². The van der Waals surface area contributed by atoms with Gasteiger partial charge in [0.05, 0.1) is 10.4 Å². The van der Waals surface area contributed by atoms with Crippen LogP contribution in [0.5, 0.6) is 0 Å². The predicted molar refractivity (Wildman–Crippen MR) is 65.9 cm³/mol. The maximum Gasteiger partial charge on any atom is 0.141 e. The topological polar surface area (TPSA) is 17.3 Å². The van der Waals surface area contributed by atoms with E-state index in [1.165, 1.54) is 17.4 Å². The number of fused-ring (bicyclic) bond motifs is 1. The van der Waals surface area contributed by atoms with Gasteiger partial charge in [0.1, 0.15) is 5.82 Å². The standard InChI is InChI=1S/C12H12FN2S/c13-10-3-1-2-9-11(8-16-12(9)10)15-6-4-14-5-7-15/h1-3,8H,4-7H2. The number of anilines is 1. The normalized spacial score (nSPS) is 16.9. The van der Waals surface area contributed by atoms with Crippen LogP contribution in [0.1, 0.15) is 0 Å². The molecule has 0 unspecified atom stereocenters. The molecule has 1 aromatic heterocycles. The third-order valence-electron chi connectivity index (χ3n) is 2.93. The molecule has 0 aliphatic carbocycles. The van der Waals surface area contributed by atoms with Crippen LogP contribution >= 0.6 is 11.3 Å². The summed E-state index contributed by atoms with van der Waals surface area (Å²) >= 11 is 1.49. The second-order valence-corrected chi connectivity index (χ2v) is 4.77. The summed E-state index contributed by atoms with van der Waals surface area (Å²) in [6.45, 7) is 3.66. The van der Waals surface area contributed by atoms with Crippen LogP contribution in [0.4, 0.5) is 10.1 Å². The molecular formula is C12H12FN2S. The molecule has 0 amide bonds. The summed E-state index contributed by atoms with van der Waals surface area (Å²) in [4.78, 5) is 2.30. The molecule has 1 aromatic carbocycles. The van der Waals surface area contributed by atoms with Crippen molar-refractivity contribution in [3.8, 4) is 0 Å². The van der Waals surface area contributed by atoms with Crippen LogP contribution in [0.3, 0.4) is 0 Å². The number of rotatable bonds is 1. The SMILES string of the molecule is Fc1cccc2c(N3CC[N]CC3)csc12. The van der Waals surface area contributed by atoms with E-state index in [1.807, 2.05) is 6.07 Å². The molecule has 0 saturated carbocycles. The summed E-state index contributed by atoms with van der Waals surface area (Å²) in [7, 11) is 0. The van der Waals surface area contributed by atoms with Crippen LogP contribution in [0, 0.1) is 5.82 Å². The van der Waals surface area contributed by atoms with Gasteiger partial charge in [-0.05, 0) is 6.07 Å². The smallest absolute Gasteiger partial charge is 0.141 e. The average Bonchev–Trinajstić information content (AvgIpc) is 2.75. The molecule has 1 aliphatic heterocycles. The summed E-state index contributed by atoms with van der Waals surface area (Å²) in [5.41, 5.74) is 1.16. The fraction of sp³-hybridized carbons (Fsp3) is 0.333. The number of thiophene rings is 1. The Hall–Kier alpha value is -1.13. The van der Waals surface area contributed by atoms with Crippen molar-refractivity contribution >= 4 is 27.1 Å². The lowest BCUT2D eigenvalue weighted by Crippen LogP contribution is -2.40. The van der Waals surface area contributed by atoms with E-state index in [0.717, 1.165) is 42.0 Å². The van der Waals surface area contributed by atoms with Crippen molar-refractivity contribution < 1.29 is 4.39 Å². The summed E-state index contributed by atoms with van der Waals surface area (Å²) in [5, 5.41) is 7.41. The highest BCUT2D eigenvalue weighted by atomic mass is 32.1. The van der Waals surface area contributed by atoms with E-state index in [9.17, 15) is 4.39 Å². The summed E-state index contributed by atoms with van der Waals surface area (Å²) in [5.74, 6) is -0.115. The minimum Gasteiger partial charge on any atom is -0.368 e. The Kier molecular flexibility index (Phi) is 2.53. The highest BCUT2D eigenvalue weighted by Crippen LogP contribution is 2.34. The van der Waals surface area contributed by atoms with E-state index < -0.39 is 0 Å². The zero-order valence-corrected chi connectivity index (χ0v) is 9.63. The van der Waals surface area contributed by atoms with Crippen LogP contribution in [0.2, 0.25) is 0 Å². The Labute approximate surface area is 97.7 Å². The lowest BCUT2D eigenvalue weighted by atomic mass is 10.2. The van der Waals surface area contributed by atoms with Crippen LogP contribution in [0.25, 0.3) is 10.1 Å². The summed E-state index contributed by atoms with van der Waals surface area (Å²) in [6.07, 6.45) is 0. The van der Waals surface area contributed by atoms with Crippen LogP contribution in [-0.4, -0.2) is 26.2 Å². The molecule has 2 heterocycles. The zero-order chi connectivity index (χ0) is 11.0. The Morgan fingerprint density at radius 3 is 2.88 bits per heavy atom. The van der Waals surface area contributed by atoms with Crippen LogP contribution in [-0.2, 0) is 0 Å². The highest BCUT2D eigenvalue weighted by Gasteiger charge is 2.16. The molecule has 0 spiro atoms. The number of halogens is 1. The summed E-state index contributed by atoms with van der Waals surface area (Å²) in [6, 6.07) is 5.30. The van der Waals surface area contributed by atoms with Gasteiger partial charge in [-0.2, -0.15) is 0 Å². The molecule has 16 heavy (non-hydrogen) atoms. The molecule has 1 saturated heterocycles. The Bertz CT molecular complexity index is 503. The van der Waals surface area contributed by atoms with Crippen molar-refractivity contribution in [2.45, 2.75) is 0 Å². The van der Waals surface area contributed by atoms with E-state index in [4.69, 9.17) is 0 Å². The van der Waals surface area contributed by atoms with Gasteiger partial charge in [0.25, 0.3) is 0 Å². The molecule has 2 aromatic rings. The quantitative estimate of drug-likeness (QED) is 0.742. The van der Waals surface area contributed by atoms with Gasteiger partial charge >= 0.3 is 0 Å². The second-order valence-electron chi connectivity index (χ2n) is 3.90. The maximum absolute atomic E-state index is 13.5. The highest BCUT2D eigenvalue weighted by molar-refractivity contribution is 7.17. The molecule has 0 N–H and O–H groups in total. The molecule has 4 heteroatoms. The fourth-order valence-corrected chi connectivity index (χ4v) is 3.09. The Balaban J connectivity index is 2.06. The van der Waals surface area contributed by atoms with Crippen molar-refractivity contribution in [3.63, 3.8) is 0 Å². The van der Waals surface area contributed by atoms with Gasteiger partial charge in [-0.15, -0.1) is 11.3 Å². The van der Waals surface area contributed by atoms with Crippen LogP contribution in [0.15, 0.2) is 23.6 Å². The molecular weight excluding hydrogens is 223 g/mol. The predicted octanol–water partition coefficient (Wildman–Crippen LogP) is 2.46. The van der Waals surface area contributed by atoms with Crippen molar-refractivity contribution in [1.29, 1.82) is 0 Å². The summed E-state index contributed by atoms with van der Waals surface area (Å²) < 4.78 is 14.3. The van der Waals surface area contributed by atoms with E-state index >= 15 is 0 Å². The lowest BCUT2D eigenvalue weighted by Gasteiger charge is -2.28. The van der Waals surface area contributed by atoms with Gasteiger partial charge < -0.3 is 4.90 Å². The van der Waals surface area contributed by atoms with Crippen molar-refractivity contribution in [2.24, 2.45) is 0 Å². The molecule has 1 aliphatic rings. The molecule has 3 rings (SSSR count). The number of hydrogen-bond donors (Lipinski definition) is 0. The van der Waals surface area contributed by atoms with E-state index in [2.05, 4.69) is 15.6 Å². The van der Waals surface area contributed by atoms with Gasteiger partial charge in [0.15, 0.2) is 0 Å². The van der Waals surface area contributed by atoms with Crippen molar-refractivity contribution in [2.75, 3.05) is 31.1 Å². The maximum atomic E-state index is 13.5. The Morgan fingerprint density at radius 2 is 2.06 bits per heavy atom. The second kappa shape index (κ2) is 4.03. The number of hydrogen-bond acceptors (Lipinski definition) is 2. The fourth-order valence-electron chi connectivity index (χ4n) is 2.10. The molecule has 2 nitrogen and oxygen atoms in total. The van der Waals surface area contributed by atoms with Crippen molar-refractivity contribution in [3.05, 3.63) is 29.4 Å². The third-order valence-corrected chi connectivity index (χ3v) is 3.92. The third kappa shape index (κ3) is 1.58. The number of piperazine rings is 1. The first-order valence-electron chi connectivity index (χ1n) is 5.40. The van der Waals surface area contributed by atoms with Gasteiger partial charge in [0, 0.05) is 36.9 Å².